The number of fused-ring (bicyclic) bond motifs is 1. The highest BCUT2D eigenvalue weighted by Crippen LogP contribution is 2.35. The zero-order valence-electron chi connectivity index (χ0n) is 15.0. The monoisotopic (exact) mass is 380 g/mol. The van der Waals surface area contributed by atoms with Crippen molar-refractivity contribution in [2.45, 2.75) is 25.3 Å². The fraction of sp³-hybridized carbons (Fsp3) is 0.286. The summed E-state index contributed by atoms with van der Waals surface area (Å²) >= 11 is 5.39. The molecule has 0 saturated heterocycles. The lowest BCUT2D eigenvalue weighted by molar-refractivity contribution is 0.196. The zero-order chi connectivity index (χ0) is 18.8. The van der Waals surface area contributed by atoms with Crippen LogP contribution < -0.4 is 15.8 Å². The van der Waals surface area contributed by atoms with Crippen LogP contribution in [0.4, 0.5) is 0 Å². The summed E-state index contributed by atoms with van der Waals surface area (Å²) in [6.45, 7) is 1.08. The Kier molecular flexibility index (Phi) is 5.01. The van der Waals surface area contributed by atoms with Gasteiger partial charge in [-0.15, -0.1) is 0 Å². The minimum Gasteiger partial charge on any atom is -0.508 e. The second-order valence-corrected chi connectivity index (χ2v) is 7.23. The van der Waals surface area contributed by atoms with E-state index in [2.05, 4.69) is 17.4 Å². The molecular formula is C21H22N3O2S. The van der Waals surface area contributed by atoms with E-state index in [1.165, 1.54) is 0 Å². The van der Waals surface area contributed by atoms with E-state index in [0.717, 1.165) is 41.0 Å². The molecule has 3 N–H and O–H groups in total. The molecule has 4 rings (SSSR count). The van der Waals surface area contributed by atoms with Gasteiger partial charge in [0.1, 0.15) is 18.1 Å². The molecule has 0 saturated carbocycles. The summed E-state index contributed by atoms with van der Waals surface area (Å²) in [7, 11) is 0. The maximum atomic E-state index is 10.5. The van der Waals surface area contributed by atoms with Gasteiger partial charge in [-0.05, 0) is 42.0 Å². The summed E-state index contributed by atoms with van der Waals surface area (Å²) in [5.74, 6) is 1.13. The van der Waals surface area contributed by atoms with Crippen molar-refractivity contribution in [1.29, 1.82) is 0 Å². The third kappa shape index (κ3) is 3.63. The van der Waals surface area contributed by atoms with Gasteiger partial charge in [0.15, 0.2) is 5.11 Å². The normalized spacial score (nSPS) is 18.6. The van der Waals surface area contributed by atoms with Crippen molar-refractivity contribution in [2.75, 3.05) is 13.2 Å². The lowest BCUT2D eigenvalue weighted by Crippen LogP contribution is -2.44. The van der Waals surface area contributed by atoms with Crippen LogP contribution in [0.15, 0.2) is 54.4 Å². The predicted octanol–water partition coefficient (Wildman–Crippen LogP) is 2.68. The van der Waals surface area contributed by atoms with Crippen LogP contribution in [0.2, 0.25) is 0 Å². The number of thiocarbonyl (C=S) groups is 1. The average Bonchev–Trinajstić information content (AvgIpc) is 3.03. The molecule has 5 nitrogen and oxygen atoms in total. The Morgan fingerprint density at radius 3 is 2.85 bits per heavy atom. The highest BCUT2D eigenvalue weighted by molar-refractivity contribution is 7.80. The maximum absolute atomic E-state index is 10.5. The van der Waals surface area contributed by atoms with E-state index in [0.29, 0.717) is 30.4 Å². The number of aromatic hydroxyl groups is 1. The van der Waals surface area contributed by atoms with Crippen LogP contribution in [0.5, 0.6) is 11.5 Å². The zero-order valence-corrected chi connectivity index (χ0v) is 15.8. The Balaban J connectivity index is 1.54. The lowest BCUT2D eigenvalue weighted by atomic mass is 9.96. The molecular weight excluding hydrogens is 358 g/mol. The van der Waals surface area contributed by atoms with Crippen molar-refractivity contribution in [3.8, 4) is 11.5 Å². The second-order valence-electron chi connectivity index (χ2n) is 6.86. The van der Waals surface area contributed by atoms with Crippen LogP contribution in [-0.4, -0.2) is 34.3 Å². The number of ether oxygens (including phenoxy) is 1. The van der Waals surface area contributed by atoms with Gasteiger partial charge in [-0.25, -0.2) is 5.32 Å². The second kappa shape index (κ2) is 7.58. The fourth-order valence-electron chi connectivity index (χ4n) is 3.67. The maximum Gasteiger partial charge on any atom is 0.200 e. The Bertz CT molecular complexity index is 882. The highest BCUT2D eigenvalue weighted by Gasteiger charge is 2.33. The lowest BCUT2D eigenvalue weighted by Gasteiger charge is -2.34. The topological polar surface area (TPSA) is 72.8 Å². The van der Waals surface area contributed by atoms with Gasteiger partial charge in [0.05, 0.1) is 6.04 Å². The molecule has 0 amide bonds. The fourth-order valence-corrected chi connectivity index (χ4v) is 3.99. The SMILES string of the molecule is NCCC1=C[N]C(=S)N1[C@H]1COc2cc(Cc3ccccc3)c(O)cc2C1. The van der Waals surface area contributed by atoms with Gasteiger partial charge in [0.25, 0.3) is 0 Å². The molecule has 2 aliphatic rings. The van der Waals surface area contributed by atoms with Crippen molar-refractivity contribution in [3.05, 3.63) is 71.1 Å². The largest absolute Gasteiger partial charge is 0.508 e. The van der Waals surface area contributed by atoms with Gasteiger partial charge in [0.2, 0.25) is 0 Å². The summed E-state index contributed by atoms with van der Waals surface area (Å²) in [4.78, 5) is 2.04. The first-order chi connectivity index (χ1) is 13.2. The van der Waals surface area contributed by atoms with Crippen LogP contribution in [0.3, 0.4) is 0 Å². The number of hydrogen-bond donors (Lipinski definition) is 2. The van der Waals surface area contributed by atoms with E-state index < -0.39 is 0 Å². The summed E-state index contributed by atoms with van der Waals surface area (Å²) in [5, 5.41) is 15.3. The van der Waals surface area contributed by atoms with Gasteiger partial charge in [0, 0.05) is 36.7 Å². The first-order valence-electron chi connectivity index (χ1n) is 9.10. The number of hydrogen-bond acceptors (Lipinski definition) is 4. The molecule has 2 aliphatic heterocycles. The molecule has 0 fully saturated rings. The summed E-state index contributed by atoms with van der Waals surface area (Å²) in [6.07, 6.45) is 3.94. The number of benzene rings is 2. The first-order valence-corrected chi connectivity index (χ1v) is 9.51. The van der Waals surface area contributed by atoms with E-state index in [9.17, 15) is 5.11 Å². The van der Waals surface area contributed by atoms with E-state index in [1.807, 2.05) is 35.2 Å². The predicted molar refractivity (Wildman–Crippen MR) is 109 cm³/mol. The molecule has 2 heterocycles. The molecule has 1 radical (unpaired) electrons. The van der Waals surface area contributed by atoms with Crippen molar-refractivity contribution in [3.63, 3.8) is 0 Å². The number of phenols is 1. The number of phenolic OH excluding ortho intramolecular Hbond substituents is 1. The average molecular weight is 380 g/mol. The molecule has 0 aromatic heterocycles. The van der Waals surface area contributed by atoms with Crippen LogP contribution in [-0.2, 0) is 12.8 Å². The van der Waals surface area contributed by atoms with Crippen molar-refractivity contribution >= 4 is 17.3 Å². The summed E-state index contributed by atoms with van der Waals surface area (Å²) in [6, 6.07) is 13.9. The number of nitrogens with two attached hydrogens (primary N) is 1. The Labute approximate surface area is 164 Å². The van der Waals surface area contributed by atoms with Gasteiger partial charge in [-0.2, -0.15) is 0 Å². The molecule has 0 aliphatic carbocycles. The molecule has 0 unspecified atom stereocenters. The van der Waals surface area contributed by atoms with Crippen LogP contribution in [0.25, 0.3) is 0 Å². The van der Waals surface area contributed by atoms with Gasteiger partial charge in [-0.1, -0.05) is 30.3 Å². The van der Waals surface area contributed by atoms with E-state index in [4.69, 9.17) is 22.7 Å². The molecule has 0 spiro atoms. The van der Waals surface area contributed by atoms with Gasteiger partial charge in [-0.3, -0.25) is 0 Å². The van der Waals surface area contributed by atoms with E-state index in [1.54, 1.807) is 6.20 Å². The Hall–Kier alpha value is -2.57. The highest BCUT2D eigenvalue weighted by atomic mass is 32.1. The molecule has 1 atom stereocenters. The van der Waals surface area contributed by atoms with Crippen molar-refractivity contribution in [2.24, 2.45) is 5.73 Å². The van der Waals surface area contributed by atoms with Gasteiger partial charge < -0.3 is 20.5 Å². The third-order valence-electron chi connectivity index (χ3n) is 4.99. The molecule has 27 heavy (non-hydrogen) atoms. The third-order valence-corrected chi connectivity index (χ3v) is 5.29. The van der Waals surface area contributed by atoms with Crippen LogP contribution >= 0.6 is 12.2 Å². The molecule has 2 aromatic rings. The van der Waals surface area contributed by atoms with Crippen LogP contribution in [0.1, 0.15) is 23.1 Å². The van der Waals surface area contributed by atoms with E-state index >= 15 is 0 Å². The van der Waals surface area contributed by atoms with Gasteiger partial charge >= 0.3 is 0 Å². The summed E-state index contributed by atoms with van der Waals surface area (Å²) in [5.41, 5.74) is 9.75. The Morgan fingerprint density at radius 1 is 1.26 bits per heavy atom. The Morgan fingerprint density at radius 2 is 2.07 bits per heavy atom. The minimum absolute atomic E-state index is 0.0634. The minimum atomic E-state index is 0.0634. The van der Waals surface area contributed by atoms with Crippen molar-refractivity contribution < 1.29 is 9.84 Å². The first kappa shape index (κ1) is 17.8. The quantitative estimate of drug-likeness (QED) is 0.781. The number of nitrogens with zero attached hydrogens (tertiary/aromatic N) is 2. The summed E-state index contributed by atoms with van der Waals surface area (Å²) < 4.78 is 6.04. The van der Waals surface area contributed by atoms with Crippen LogP contribution in [0, 0.1) is 0 Å². The van der Waals surface area contributed by atoms with Crippen molar-refractivity contribution in [1.82, 2.24) is 10.2 Å². The molecule has 139 valence electrons. The molecule has 6 heteroatoms. The number of rotatable bonds is 5. The van der Waals surface area contributed by atoms with E-state index in [-0.39, 0.29) is 6.04 Å². The smallest absolute Gasteiger partial charge is 0.200 e. The standard InChI is InChI=1S/C21H22N3O2S/c22-7-6-17-12-23-21(27)24(17)18-9-16-10-19(25)15(11-20(16)26-13-18)8-14-4-2-1-3-5-14/h1-5,10-12,18,25H,6-9,13,22H2/t18-/m1/s1. The molecule has 2 aromatic carbocycles. The molecule has 0 bridgehead atoms.